The molecule has 2 fully saturated rings. The number of fused-ring (bicyclic) bond motifs is 1. The molecule has 262 valence electrons. The molecule has 0 amide bonds. The predicted octanol–water partition coefficient (Wildman–Crippen LogP) is 7.46. The first-order valence-electron chi connectivity index (χ1n) is 17.0. The molecular formula is C38H42BrN10OP. The lowest BCUT2D eigenvalue weighted by atomic mass is 10.0. The molecule has 0 unspecified atom stereocenters. The molecule has 1 aliphatic heterocycles. The van der Waals surface area contributed by atoms with Crippen molar-refractivity contribution >= 4 is 86.4 Å². The van der Waals surface area contributed by atoms with E-state index in [1.165, 1.54) is 35.4 Å². The van der Waals surface area contributed by atoms with E-state index in [0.29, 0.717) is 29.1 Å². The van der Waals surface area contributed by atoms with E-state index >= 15 is 0 Å². The second kappa shape index (κ2) is 15.2. The van der Waals surface area contributed by atoms with Gasteiger partial charge in [-0.2, -0.15) is 4.98 Å². The van der Waals surface area contributed by atoms with Crippen molar-refractivity contribution in [3.8, 4) is 5.75 Å². The molecule has 2 aromatic carbocycles. The van der Waals surface area contributed by atoms with Gasteiger partial charge in [-0.15, -0.1) is 0 Å². The summed E-state index contributed by atoms with van der Waals surface area (Å²) in [5.41, 5.74) is 7.68. The number of nitrogens with one attached hydrogen (secondary N) is 4. The molecule has 2 aliphatic rings. The summed E-state index contributed by atoms with van der Waals surface area (Å²) in [6.45, 7) is 7.84. The molecule has 7 rings (SSSR count). The van der Waals surface area contributed by atoms with E-state index in [1.54, 1.807) is 19.5 Å². The van der Waals surface area contributed by atoms with Crippen molar-refractivity contribution in [2.75, 3.05) is 74.1 Å². The van der Waals surface area contributed by atoms with Crippen LogP contribution in [0.2, 0.25) is 0 Å². The molecule has 11 nitrogen and oxygen atoms in total. The maximum Gasteiger partial charge on any atom is 0.229 e. The van der Waals surface area contributed by atoms with E-state index in [4.69, 9.17) is 20.1 Å². The van der Waals surface area contributed by atoms with Crippen LogP contribution >= 0.6 is 23.9 Å². The minimum absolute atomic E-state index is 0.408. The molecule has 1 saturated carbocycles. The second-order valence-corrected chi connectivity index (χ2v) is 16.0. The average Bonchev–Trinajstić information content (AvgIpc) is 4.01. The van der Waals surface area contributed by atoms with Crippen molar-refractivity contribution in [1.82, 2.24) is 25.3 Å². The van der Waals surface area contributed by atoms with Gasteiger partial charge in [0.25, 0.3) is 0 Å². The molecule has 13 heteroatoms. The maximum absolute atomic E-state index is 8.27. The zero-order valence-electron chi connectivity index (χ0n) is 29.2. The lowest BCUT2D eigenvalue weighted by Gasteiger charge is -2.38. The van der Waals surface area contributed by atoms with Gasteiger partial charge in [0, 0.05) is 109 Å². The fourth-order valence-electron chi connectivity index (χ4n) is 6.58. The van der Waals surface area contributed by atoms with Crippen molar-refractivity contribution in [1.29, 1.82) is 5.41 Å². The highest BCUT2D eigenvalue weighted by atomic mass is 79.9. The zero-order chi connectivity index (χ0) is 35.5. The van der Waals surface area contributed by atoms with Crippen molar-refractivity contribution < 1.29 is 4.74 Å². The van der Waals surface area contributed by atoms with Crippen molar-refractivity contribution in [2.45, 2.75) is 18.8 Å². The number of halogens is 1. The van der Waals surface area contributed by atoms with Gasteiger partial charge in [0.2, 0.25) is 5.95 Å². The van der Waals surface area contributed by atoms with Gasteiger partial charge in [0.05, 0.1) is 34.7 Å². The molecule has 0 bridgehead atoms. The number of allylic oxidation sites excluding steroid dienone is 1. The smallest absolute Gasteiger partial charge is 0.229 e. The normalized spacial score (nSPS) is 14.9. The van der Waals surface area contributed by atoms with E-state index in [0.717, 1.165) is 64.4 Å². The molecule has 1 aliphatic carbocycles. The number of anilines is 6. The monoisotopic (exact) mass is 764 g/mol. The van der Waals surface area contributed by atoms with Gasteiger partial charge in [-0.05, 0) is 78.5 Å². The Kier molecular flexibility index (Phi) is 10.3. The third-order valence-corrected chi connectivity index (χ3v) is 11.2. The van der Waals surface area contributed by atoms with Gasteiger partial charge < -0.3 is 35.9 Å². The highest BCUT2D eigenvalue weighted by Crippen LogP contribution is 2.42. The van der Waals surface area contributed by atoms with Crippen LogP contribution < -0.4 is 35.8 Å². The third-order valence-electron chi connectivity index (χ3n) is 9.27. The standard InChI is InChI=1S/C38H42BrN10OP/c1-41-21-25(20-40)28-18-33(35(50-2)19-34(28)49-16-14-48(15-17-49)26-6-5-13-42-22-26)46-38-43-23-29(39)37(47-38)45-32-12-11-31-27(36(32)51(3)4)9-10-30(44-31)24-7-8-24/h5-6,9-13,18-24,40-41H,7-8,14-17H2,1-4H3,(H2,43,45,46,47)/b25-21+,40-20?. The van der Waals surface area contributed by atoms with E-state index in [9.17, 15) is 0 Å². The van der Waals surface area contributed by atoms with Crippen LogP contribution in [0, 0.1) is 5.41 Å². The van der Waals surface area contributed by atoms with Gasteiger partial charge in [-0.25, -0.2) is 4.98 Å². The Labute approximate surface area is 308 Å². The van der Waals surface area contributed by atoms with Crippen LogP contribution in [0.4, 0.5) is 34.5 Å². The van der Waals surface area contributed by atoms with Gasteiger partial charge in [0.15, 0.2) is 0 Å². The first-order valence-corrected chi connectivity index (χ1v) is 20.1. The number of rotatable bonds is 12. The summed E-state index contributed by atoms with van der Waals surface area (Å²) >= 11 is 3.68. The molecule has 5 aromatic rings. The maximum atomic E-state index is 8.27. The highest BCUT2D eigenvalue weighted by molar-refractivity contribution is 9.10. The molecule has 4 heterocycles. The second-order valence-electron chi connectivity index (χ2n) is 12.9. The van der Waals surface area contributed by atoms with Gasteiger partial charge in [-0.1, -0.05) is 14.0 Å². The van der Waals surface area contributed by atoms with Crippen LogP contribution in [0.5, 0.6) is 5.75 Å². The Bertz CT molecular complexity index is 2080. The molecule has 4 N–H and O–H groups in total. The van der Waals surface area contributed by atoms with Crippen molar-refractivity contribution in [3.05, 3.63) is 89.1 Å². The number of nitrogens with zero attached hydrogens (tertiary/aromatic N) is 6. The fraction of sp³-hybridized carbons (Fsp3) is 0.289. The number of pyridine rings is 2. The lowest BCUT2D eigenvalue weighted by Crippen LogP contribution is -2.46. The third kappa shape index (κ3) is 7.48. The van der Waals surface area contributed by atoms with Gasteiger partial charge in [-0.3, -0.25) is 9.97 Å². The minimum atomic E-state index is -0.455. The first-order chi connectivity index (χ1) is 24.9. The average molecular weight is 766 g/mol. The topological polar surface area (TPSA) is 127 Å². The minimum Gasteiger partial charge on any atom is -0.494 e. The van der Waals surface area contributed by atoms with Crippen LogP contribution in [-0.2, 0) is 0 Å². The lowest BCUT2D eigenvalue weighted by molar-refractivity contribution is 0.416. The Hall–Kier alpha value is -4.80. The largest absolute Gasteiger partial charge is 0.494 e. The molecule has 0 radical (unpaired) electrons. The van der Waals surface area contributed by atoms with Crippen LogP contribution in [-0.4, -0.2) is 79.8 Å². The molecule has 3 aromatic heterocycles. The van der Waals surface area contributed by atoms with E-state index in [1.807, 2.05) is 37.6 Å². The summed E-state index contributed by atoms with van der Waals surface area (Å²) < 4.78 is 6.69. The fourth-order valence-corrected chi connectivity index (χ4v) is 8.16. The molecule has 0 atom stereocenters. The summed E-state index contributed by atoms with van der Waals surface area (Å²) in [5, 5.41) is 20.8. The number of piperazine rings is 1. The molecule has 0 spiro atoms. The zero-order valence-corrected chi connectivity index (χ0v) is 31.7. The molecular weight excluding hydrogens is 723 g/mol. The van der Waals surface area contributed by atoms with E-state index in [-0.39, 0.29) is 0 Å². The van der Waals surface area contributed by atoms with E-state index < -0.39 is 7.92 Å². The Morgan fingerprint density at radius 2 is 1.78 bits per heavy atom. The number of aromatic nitrogens is 4. The molecule has 51 heavy (non-hydrogen) atoms. The number of hydrogen-bond acceptors (Lipinski definition) is 11. The predicted molar refractivity (Wildman–Crippen MR) is 216 cm³/mol. The van der Waals surface area contributed by atoms with Crippen LogP contribution in [0.25, 0.3) is 16.5 Å². The molecule has 1 saturated heterocycles. The SMILES string of the molecule is CN/C=C(\C=N)c1cc(Nc2ncc(Br)c(Nc3ccc4nc(C5CC5)ccc4c3P(C)C)n2)c(OC)cc1N1CCN(c2cccnc2)CC1. The summed E-state index contributed by atoms with van der Waals surface area (Å²) in [5.74, 6) is 2.31. The van der Waals surface area contributed by atoms with Crippen LogP contribution in [0.15, 0.2) is 77.8 Å². The van der Waals surface area contributed by atoms with Crippen molar-refractivity contribution in [3.63, 3.8) is 0 Å². The number of benzene rings is 2. The van der Waals surface area contributed by atoms with Crippen LogP contribution in [0.1, 0.15) is 30.0 Å². The van der Waals surface area contributed by atoms with E-state index in [2.05, 4.69) is 95.3 Å². The number of methoxy groups -OCH3 is 1. The summed E-state index contributed by atoms with van der Waals surface area (Å²) in [6, 6.07) is 16.8. The summed E-state index contributed by atoms with van der Waals surface area (Å²) in [4.78, 5) is 23.5. The quantitative estimate of drug-likeness (QED) is 0.0752. The number of hydrogen-bond donors (Lipinski definition) is 4. The summed E-state index contributed by atoms with van der Waals surface area (Å²) in [7, 11) is 3.05. The summed E-state index contributed by atoms with van der Waals surface area (Å²) in [6.07, 6.45) is 11.1. The first kappa shape index (κ1) is 34.6. The van der Waals surface area contributed by atoms with Gasteiger partial charge >= 0.3 is 0 Å². The number of ether oxygens (including phenoxy) is 1. The highest BCUT2D eigenvalue weighted by Gasteiger charge is 2.26. The van der Waals surface area contributed by atoms with Gasteiger partial charge in [0.1, 0.15) is 11.6 Å². The Morgan fingerprint density at radius 3 is 2.47 bits per heavy atom. The Morgan fingerprint density at radius 1 is 0.980 bits per heavy atom. The van der Waals surface area contributed by atoms with Crippen molar-refractivity contribution in [2.24, 2.45) is 0 Å². The van der Waals surface area contributed by atoms with Crippen LogP contribution in [0.3, 0.4) is 0 Å². The Balaban J connectivity index is 1.19.